The van der Waals surface area contributed by atoms with Gasteiger partial charge in [0.1, 0.15) is 0 Å². The van der Waals surface area contributed by atoms with Crippen LogP contribution in [0.2, 0.25) is 0 Å². The topological polar surface area (TPSA) is 147 Å². The molecule has 0 rings (SSSR count). The summed E-state index contributed by atoms with van der Waals surface area (Å²) in [4.78, 5) is 32.4. The molecule has 0 spiro atoms. The highest BCUT2D eigenvalue weighted by Gasteiger charge is 2.41. The van der Waals surface area contributed by atoms with Crippen molar-refractivity contribution in [3.63, 3.8) is 0 Å². The first-order chi connectivity index (χ1) is 8.31. The third-order valence-electron chi connectivity index (χ3n) is 2.14. The summed E-state index contributed by atoms with van der Waals surface area (Å²) in [6, 6.07) is 0. The third-order valence-corrected chi connectivity index (χ3v) is 2.14. The summed E-state index contributed by atoms with van der Waals surface area (Å²) in [7, 11) is 0. The molecule has 0 aromatic heterocycles. The molecule has 0 bridgehead atoms. The number of carbonyl (C=O) groups excluding carboxylic acids is 1. The summed E-state index contributed by atoms with van der Waals surface area (Å²) in [6.45, 7) is 0.494. The second kappa shape index (κ2) is 7.62. The molecule has 0 aromatic rings. The van der Waals surface area contributed by atoms with E-state index in [4.69, 9.17) is 15.9 Å². The van der Waals surface area contributed by atoms with Crippen LogP contribution in [-0.4, -0.2) is 52.0 Å². The highest BCUT2D eigenvalue weighted by Crippen LogP contribution is 2.17. The van der Waals surface area contributed by atoms with E-state index >= 15 is 0 Å². The predicted molar refractivity (Wildman–Crippen MR) is 58.7 cm³/mol. The Morgan fingerprint density at radius 2 is 1.72 bits per heavy atom. The van der Waals surface area contributed by atoms with Gasteiger partial charge in [0.25, 0.3) is 0 Å². The van der Waals surface area contributed by atoms with Crippen molar-refractivity contribution in [2.45, 2.75) is 31.3 Å². The van der Waals surface area contributed by atoms with E-state index in [-0.39, 0.29) is 6.61 Å². The largest absolute Gasteiger partial charge is 0.481 e. The lowest BCUT2D eigenvalue weighted by Gasteiger charge is -2.20. The molecule has 0 amide bonds. The molecular weight excluding hydrogens is 246 g/mol. The van der Waals surface area contributed by atoms with Crippen molar-refractivity contribution in [1.82, 2.24) is 0 Å². The van der Waals surface area contributed by atoms with Gasteiger partial charge in [-0.25, -0.2) is 4.79 Å². The van der Waals surface area contributed by atoms with E-state index in [1.165, 1.54) is 0 Å². The number of carbonyl (C=O) groups is 3. The van der Waals surface area contributed by atoms with Gasteiger partial charge in [0.2, 0.25) is 0 Å². The Labute approximate surface area is 103 Å². The molecule has 0 aliphatic heterocycles. The number of aliphatic hydroxyl groups is 1. The number of unbranched alkanes of at least 4 members (excludes halogenated alkanes) is 1. The molecular formula is C10H17NO7. The number of carboxylic acid groups (broad SMARTS) is 2. The maximum atomic E-state index is 11.2. The fraction of sp³-hybridized carbons (Fsp3) is 0.700. The highest BCUT2D eigenvalue weighted by atomic mass is 16.5. The average molecular weight is 263 g/mol. The van der Waals surface area contributed by atoms with Gasteiger partial charge in [-0.1, -0.05) is 0 Å². The monoisotopic (exact) mass is 263 g/mol. The minimum absolute atomic E-state index is 0.0544. The fourth-order valence-electron chi connectivity index (χ4n) is 1.19. The Balaban J connectivity index is 4.28. The molecule has 104 valence electrons. The zero-order chi connectivity index (χ0) is 14.2. The first-order valence-electron chi connectivity index (χ1n) is 5.35. The van der Waals surface area contributed by atoms with Crippen molar-refractivity contribution in [2.24, 2.45) is 5.73 Å². The molecule has 18 heavy (non-hydrogen) atoms. The Hall–Kier alpha value is -1.67. The number of rotatable bonds is 9. The number of ether oxygens (including phenoxy) is 1. The van der Waals surface area contributed by atoms with Crippen LogP contribution in [0.4, 0.5) is 0 Å². The number of aliphatic carboxylic acids is 2. The normalized spacial score (nSPS) is 13.7. The van der Waals surface area contributed by atoms with Gasteiger partial charge < -0.3 is 25.8 Å². The van der Waals surface area contributed by atoms with Gasteiger partial charge in [-0.3, -0.25) is 9.59 Å². The SMILES string of the molecule is NCCCCOC(=O)CC(O)(CC(=O)O)C(=O)O. The fourth-order valence-corrected chi connectivity index (χ4v) is 1.19. The van der Waals surface area contributed by atoms with Crippen LogP contribution >= 0.6 is 0 Å². The molecule has 8 heteroatoms. The summed E-state index contributed by atoms with van der Waals surface area (Å²) in [5.74, 6) is -4.25. The highest BCUT2D eigenvalue weighted by molar-refractivity contribution is 5.88. The van der Waals surface area contributed by atoms with Gasteiger partial charge in [0.05, 0.1) is 19.4 Å². The zero-order valence-electron chi connectivity index (χ0n) is 9.79. The summed E-state index contributed by atoms with van der Waals surface area (Å²) >= 11 is 0. The first-order valence-corrected chi connectivity index (χ1v) is 5.35. The number of esters is 1. The van der Waals surface area contributed by atoms with E-state index in [9.17, 15) is 19.5 Å². The molecule has 0 fully saturated rings. The number of hydrogen-bond donors (Lipinski definition) is 4. The molecule has 5 N–H and O–H groups in total. The Morgan fingerprint density at radius 1 is 1.11 bits per heavy atom. The van der Waals surface area contributed by atoms with E-state index in [1.807, 2.05) is 0 Å². The van der Waals surface area contributed by atoms with E-state index in [0.717, 1.165) is 0 Å². The Morgan fingerprint density at radius 3 is 2.17 bits per heavy atom. The summed E-state index contributed by atoms with van der Waals surface area (Å²) in [6.07, 6.45) is -0.810. The molecule has 1 atom stereocenters. The van der Waals surface area contributed by atoms with Crippen LogP contribution in [0.3, 0.4) is 0 Å². The van der Waals surface area contributed by atoms with E-state index in [0.29, 0.717) is 19.4 Å². The average Bonchev–Trinajstić information content (AvgIpc) is 2.23. The molecule has 0 radical (unpaired) electrons. The maximum absolute atomic E-state index is 11.2. The van der Waals surface area contributed by atoms with Crippen molar-refractivity contribution < 1.29 is 34.4 Å². The van der Waals surface area contributed by atoms with Gasteiger partial charge in [0, 0.05) is 0 Å². The second-order valence-electron chi connectivity index (χ2n) is 3.80. The lowest BCUT2D eigenvalue weighted by Crippen LogP contribution is -2.43. The van der Waals surface area contributed by atoms with E-state index < -0.39 is 36.4 Å². The number of nitrogens with two attached hydrogens (primary N) is 1. The number of carboxylic acids is 2. The minimum atomic E-state index is -2.64. The Bertz CT molecular complexity index is 317. The molecule has 0 saturated heterocycles. The lowest BCUT2D eigenvalue weighted by molar-refractivity contribution is -0.172. The molecule has 8 nitrogen and oxygen atoms in total. The standard InChI is InChI=1S/C10H17NO7/c11-3-1-2-4-18-8(14)6-10(17,9(15)16)5-7(12)13/h17H,1-6,11H2,(H,12,13)(H,15,16). The van der Waals surface area contributed by atoms with Crippen LogP contribution < -0.4 is 5.73 Å². The van der Waals surface area contributed by atoms with Gasteiger partial charge in [-0.2, -0.15) is 0 Å². The number of hydrogen-bond acceptors (Lipinski definition) is 6. The summed E-state index contributed by atoms with van der Waals surface area (Å²) in [5.41, 5.74) is 2.58. The van der Waals surface area contributed by atoms with Crippen LogP contribution in [0.1, 0.15) is 25.7 Å². The van der Waals surface area contributed by atoms with Crippen molar-refractivity contribution >= 4 is 17.9 Å². The molecule has 1 unspecified atom stereocenters. The van der Waals surface area contributed by atoms with Crippen molar-refractivity contribution in [2.75, 3.05) is 13.2 Å². The van der Waals surface area contributed by atoms with Crippen LogP contribution in [0.5, 0.6) is 0 Å². The van der Waals surface area contributed by atoms with Crippen molar-refractivity contribution in [3.05, 3.63) is 0 Å². The lowest BCUT2D eigenvalue weighted by atomic mass is 9.96. The quantitative estimate of drug-likeness (QED) is 0.304. The summed E-state index contributed by atoms with van der Waals surface area (Å²) in [5, 5.41) is 26.7. The Kier molecular flexibility index (Phi) is 6.91. The van der Waals surface area contributed by atoms with Gasteiger partial charge >= 0.3 is 17.9 Å². The summed E-state index contributed by atoms with van der Waals surface area (Å²) < 4.78 is 4.66. The smallest absolute Gasteiger partial charge is 0.336 e. The van der Waals surface area contributed by atoms with Crippen LogP contribution in [0.15, 0.2) is 0 Å². The molecule has 0 aromatic carbocycles. The molecule has 0 heterocycles. The van der Waals surface area contributed by atoms with E-state index in [2.05, 4.69) is 4.74 Å². The second-order valence-corrected chi connectivity index (χ2v) is 3.80. The molecule has 0 saturated carbocycles. The van der Waals surface area contributed by atoms with Crippen molar-refractivity contribution in [3.8, 4) is 0 Å². The van der Waals surface area contributed by atoms with E-state index in [1.54, 1.807) is 0 Å². The van der Waals surface area contributed by atoms with Crippen molar-refractivity contribution in [1.29, 1.82) is 0 Å². The van der Waals surface area contributed by atoms with Gasteiger partial charge in [-0.05, 0) is 19.4 Å². The van der Waals surface area contributed by atoms with Crippen LogP contribution in [0.25, 0.3) is 0 Å². The third kappa shape index (κ3) is 6.16. The predicted octanol–water partition coefficient (Wildman–Crippen LogP) is -1.05. The minimum Gasteiger partial charge on any atom is -0.481 e. The van der Waals surface area contributed by atoms with Crippen LogP contribution in [-0.2, 0) is 19.1 Å². The maximum Gasteiger partial charge on any atom is 0.336 e. The first kappa shape index (κ1) is 16.3. The zero-order valence-corrected chi connectivity index (χ0v) is 9.79. The van der Waals surface area contributed by atoms with Crippen LogP contribution in [0, 0.1) is 0 Å². The molecule has 0 aliphatic rings. The van der Waals surface area contributed by atoms with Gasteiger partial charge in [0.15, 0.2) is 5.60 Å². The molecule has 0 aliphatic carbocycles. The van der Waals surface area contributed by atoms with Gasteiger partial charge in [-0.15, -0.1) is 0 Å².